The minimum Gasteiger partial charge on any atom is -0.756 e. The Kier molecular flexibility index (Phi) is 44.9. The van der Waals surface area contributed by atoms with Gasteiger partial charge < -0.3 is 28.5 Å². The lowest BCUT2D eigenvalue weighted by atomic mass is 10.1. The highest BCUT2D eigenvalue weighted by atomic mass is 31.2. The summed E-state index contributed by atoms with van der Waals surface area (Å²) < 4.78 is 30.1. The molecule has 0 saturated heterocycles. The molecule has 0 fully saturated rings. The molecular formula is C57H101N2O7P. The van der Waals surface area contributed by atoms with Crippen molar-refractivity contribution in [1.82, 2.24) is 5.32 Å². The van der Waals surface area contributed by atoms with Gasteiger partial charge in [-0.2, -0.15) is 0 Å². The van der Waals surface area contributed by atoms with Crippen LogP contribution in [0.25, 0.3) is 0 Å². The van der Waals surface area contributed by atoms with Gasteiger partial charge in [-0.15, -0.1) is 0 Å². The molecule has 3 unspecified atom stereocenters. The maximum absolute atomic E-state index is 13.4. The summed E-state index contributed by atoms with van der Waals surface area (Å²) in [5, 5.41) is 2.99. The molecule has 0 radical (unpaired) electrons. The molecule has 3 atom stereocenters. The first kappa shape index (κ1) is 64.2. The molecule has 0 bridgehead atoms. The predicted octanol–water partition coefficient (Wildman–Crippen LogP) is 15.2. The molecule has 1 N–H and O–H groups in total. The van der Waals surface area contributed by atoms with Gasteiger partial charge in [-0.1, -0.05) is 196 Å². The van der Waals surface area contributed by atoms with E-state index in [0.717, 1.165) is 96.3 Å². The summed E-state index contributed by atoms with van der Waals surface area (Å²) in [7, 11) is 1.14. The zero-order valence-corrected chi connectivity index (χ0v) is 44.7. The first-order valence-electron chi connectivity index (χ1n) is 26.9. The average molecular weight is 957 g/mol. The van der Waals surface area contributed by atoms with Gasteiger partial charge >= 0.3 is 5.97 Å². The first-order chi connectivity index (χ1) is 32.4. The van der Waals surface area contributed by atoms with E-state index in [4.69, 9.17) is 13.8 Å². The number of phosphoric ester groups is 1. The predicted molar refractivity (Wildman–Crippen MR) is 284 cm³/mol. The van der Waals surface area contributed by atoms with Gasteiger partial charge in [0.1, 0.15) is 19.3 Å². The SMILES string of the molecule is CC/C=C/C=C/C=C\CCCCCCCC(=O)OC(/C=C\CCCCCCCCCCC)C(COP(=O)([O-])OCC[N+](C)(C)C)NC(=O)CCCCCC/C=C\C/C=C\C/C=C\CCCCC. The van der Waals surface area contributed by atoms with Crippen LogP contribution in [0.2, 0.25) is 0 Å². The number of unbranched alkanes of at least 4 members (excludes halogenated alkanes) is 21. The number of rotatable bonds is 47. The number of esters is 1. The summed E-state index contributed by atoms with van der Waals surface area (Å²) in [6.45, 7) is 6.61. The van der Waals surface area contributed by atoms with Gasteiger partial charge in [0.15, 0.2) is 0 Å². The molecule has 0 aliphatic rings. The second kappa shape index (κ2) is 46.9. The molecular weight excluding hydrogens is 856 g/mol. The minimum absolute atomic E-state index is 0.0344. The summed E-state index contributed by atoms with van der Waals surface area (Å²) in [5.41, 5.74) is 0. The van der Waals surface area contributed by atoms with Crippen LogP contribution in [-0.2, 0) is 27.9 Å². The molecule has 0 aromatic rings. The van der Waals surface area contributed by atoms with Gasteiger partial charge in [-0.3, -0.25) is 14.2 Å². The molecule has 0 heterocycles. The number of carbonyl (C=O) groups is 2. The summed E-state index contributed by atoms with van der Waals surface area (Å²) in [4.78, 5) is 39.7. The van der Waals surface area contributed by atoms with Crippen LogP contribution in [0.1, 0.15) is 213 Å². The van der Waals surface area contributed by atoms with E-state index < -0.39 is 26.6 Å². The largest absolute Gasteiger partial charge is 0.756 e. The van der Waals surface area contributed by atoms with Gasteiger partial charge in [0.25, 0.3) is 7.82 Å². The van der Waals surface area contributed by atoms with E-state index in [2.05, 4.69) is 92.9 Å². The lowest BCUT2D eigenvalue weighted by Crippen LogP contribution is -2.47. The molecule has 10 heteroatoms. The summed E-state index contributed by atoms with van der Waals surface area (Å²) in [6.07, 6.45) is 59.8. The lowest BCUT2D eigenvalue weighted by molar-refractivity contribution is -0.870. The molecule has 0 saturated carbocycles. The van der Waals surface area contributed by atoms with Crippen LogP contribution in [-0.4, -0.2) is 69.4 Å². The number of allylic oxidation sites excluding steroid dienone is 13. The Bertz CT molecular complexity index is 1430. The number of nitrogens with zero attached hydrogens (tertiary/aromatic N) is 1. The third-order valence-electron chi connectivity index (χ3n) is 11.4. The van der Waals surface area contributed by atoms with E-state index in [1.807, 2.05) is 39.4 Å². The smallest absolute Gasteiger partial charge is 0.306 e. The van der Waals surface area contributed by atoms with Gasteiger partial charge in [0.2, 0.25) is 5.91 Å². The molecule has 0 aromatic heterocycles. The van der Waals surface area contributed by atoms with E-state index in [0.29, 0.717) is 23.9 Å². The van der Waals surface area contributed by atoms with Crippen molar-refractivity contribution in [1.29, 1.82) is 0 Å². The normalized spacial score (nSPS) is 14.6. The van der Waals surface area contributed by atoms with Gasteiger partial charge in [0, 0.05) is 12.8 Å². The molecule has 0 aliphatic carbocycles. The van der Waals surface area contributed by atoms with Gasteiger partial charge in [0.05, 0.1) is 33.8 Å². The van der Waals surface area contributed by atoms with Gasteiger partial charge in [-0.25, -0.2) is 0 Å². The summed E-state index contributed by atoms with van der Waals surface area (Å²) in [6, 6.07) is -0.910. The number of carbonyl (C=O) groups excluding carboxylic acids is 2. The average Bonchev–Trinajstić information content (AvgIpc) is 3.28. The lowest BCUT2D eigenvalue weighted by Gasteiger charge is -2.30. The Balaban J connectivity index is 5.45. The number of hydrogen-bond donors (Lipinski definition) is 1. The fourth-order valence-electron chi connectivity index (χ4n) is 7.17. The van der Waals surface area contributed by atoms with E-state index in [-0.39, 0.29) is 31.3 Å². The van der Waals surface area contributed by atoms with Crippen LogP contribution in [0, 0.1) is 0 Å². The number of likely N-dealkylation sites (N-methyl/N-ethyl adjacent to an activating group) is 1. The molecule has 0 aliphatic heterocycles. The third-order valence-corrected chi connectivity index (χ3v) is 12.3. The number of quaternary nitrogens is 1. The number of hydrogen-bond acceptors (Lipinski definition) is 7. The van der Waals surface area contributed by atoms with Crippen LogP contribution in [0.15, 0.2) is 85.1 Å². The van der Waals surface area contributed by atoms with Crippen LogP contribution in [0.3, 0.4) is 0 Å². The van der Waals surface area contributed by atoms with Crippen molar-refractivity contribution in [3.63, 3.8) is 0 Å². The third kappa shape index (κ3) is 48.0. The maximum atomic E-state index is 13.4. The van der Waals surface area contributed by atoms with E-state index >= 15 is 0 Å². The zero-order chi connectivity index (χ0) is 49.4. The Morgan fingerprint density at radius 3 is 1.58 bits per heavy atom. The van der Waals surface area contributed by atoms with Crippen molar-refractivity contribution < 1.29 is 37.3 Å². The van der Waals surface area contributed by atoms with Crippen LogP contribution in [0.5, 0.6) is 0 Å². The first-order valence-corrected chi connectivity index (χ1v) is 28.4. The molecule has 9 nitrogen and oxygen atoms in total. The Hall–Kier alpha value is -2.81. The van der Waals surface area contributed by atoms with Crippen molar-refractivity contribution in [2.75, 3.05) is 40.9 Å². The van der Waals surface area contributed by atoms with Crippen molar-refractivity contribution >= 4 is 19.7 Å². The Morgan fingerprint density at radius 2 is 1.01 bits per heavy atom. The van der Waals surface area contributed by atoms with Crippen LogP contribution < -0.4 is 10.2 Å². The monoisotopic (exact) mass is 957 g/mol. The standard InChI is InChI=1S/C57H101N2O7P/c1-7-10-13-16-19-22-25-27-28-29-30-32-34-37-40-43-46-49-56(60)58-54(53-65-67(62,63)64-52-51-59(4,5)6)55(48-45-42-39-36-33-24-21-18-15-12-9-3)66-57(61)50-47-44-41-38-35-31-26-23-20-17-14-11-8-2/h11,14,17,19-20,22-23,26-28,30,32,45,48,54-55H,7-10,12-13,15-16,18,21,24-25,29,31,33-44,46-47,49-53H2,1-6H3,(H-,58,60,62,63)/b14-11+,20-17+,22-19-,26-23-,28-27-,32-30-,48-45-. The van der Waals surface area contributed by atoms with Crippen molar-refractivity contribution in [3.8, 4) is 0 Å². The highest BCUT2D eigenvalue weighted by molar-refractivity contribution is 7.45. The quantitative estimate of drug-likeness (QED) is 0.0161. The molecule has 0 spiro atoms. The number of nitrogens with one attached hydrogen (secondary N) is 1. The molecule has 1 amide bonds. The molecule has 0 rings (SSSR count). The minimum atomic E-state index is -4.70. The number of ether oxygens (including phenoxy) is 1. The second-order valence-electron chi connectivity index (χ2n) is 19.1. The highest BCUT2D eigenvalue weighted by Crippen LogP contribution is 2.38. The Labute approximate surface area is 412 Å². The summed E-state index contributed by atoms with van der Waals surface area (Å²) in [5.74, 6) is -0.598. The topological polar surface area (TPSA) is 114 Å². The number of amides is 1. The molecule has 0 aromatic carbocycles. The van der Waals surface area contributed by atoms with Crippen molar-refractivity contribution in [3.05, 3.63) is 85.1 Å². The molecule has 67 heavy (non-hydrogen) atoms. The second-order valence-corrected chi connectivity index (χ2v) is 20.5. The number of phosphoric acid groups is 1. The van der Waals surface area contributed by atoms with Crippen molar-refractivity contribution in [2.45, 2.75) is 226 Å². The van der Waals surface area contributed by atoms with Crippen LogP contribution >= 0.6 is 7.82 Å². The van der Waals surface area contributed by atoms with E-state index in [9.17, 15) is 19.0 Å². The van der Waals surface area contributed by atoms with E-state index in [1.54, 1.807) is 0 Å². The zero-order valence-electron chi connectivity index (χ0n) is 43.8. The van der Waals surface area contributed by atoms with Gasteiger partial charge in [-0.05, 0) is 89.5 Å². The fourth-order valence-corrected chi connectivity index (χ4v) is 7.90. The Morgan fingerprint density at radius 1 is 0.552 bits per heavy atom. The van der Waals surface area contributed by atoms with E-state index in [1.165, 1.54) is 70.6 Å². The maximum Gasteiger partial charge on any atom is 0.306 e. The van der Waals surface area contributed by atoms with Crippen molar-refractivity contribution in [2.24, 2.45) is 0 Å². The fraction of sp³-hybridized carbons (Fsp3) is 0.719. The summed E-state index contributed by atoms with van der Waals surface area (Å²) >= 11 is 0. The molecule has 386 valence electrons. The van der Waals surface area contributed by atoms with Crippen LogP contribution in [0.4, 0.5) is 0 Å². The highest BCUT2D eigenvalue weighted by Gasteiger charge is 2.27.